The number of ether oxygens (including phenoxy) is 1. The van der Waals surface area contributed by atoms with Crippen molar-refractivity contribution in [2.45, 2.75) is 58.6 Å². The number of piperidine rings is 1. The molecule has 0 saturated carbocycles. The second-order valence-electron chi connectivity index (χ2n) is 9.13. The number of amides is 2. The zero-order valence-corrected chi connectivity index (χ0v) is 19.7. The summed E-state index contributed by atoms with van der Waals surface area (Å²) in [5.41, 5.74) is -0.957. The number of rotatable bonds is 7. The number of hydrogen-bond donors (Lipinski definition) is 2. The average molecular weight is 453 g/mol. The van der Waals surface area contributed by atoms with Crippen molar-refractivity contribution in [1.29, 1.82) is 0 Å². The fourth-order valence-electron chi connectivity index (χ4n) is 4.04. The van der Waals surface area contributed by atoms with E-state index in [9.17, 15) is 19.5 Å². The second kappa shape index (κ2) is 10.0. The van der Waals surface area contributed by atoms with Gasteiger partial charge in [0.1, 0.15) is 6.04 Å². The molecule has 172 valence electrons. The van der Waals surface area contributed by atoms with Crippen LogP contribution in [0, 0.1) is 11.3 Å². The van der Waals surface area contributed by atoms with E-state index >= 15 is 0 Å². The van der Waals surface area contributed by atoms with E-state index in [1.807, 2.05) is 39.8 Å². The van der Waals surface area contributed by atoms with Crippen molar-refractivity contribution in [2.75, 3.05) is 20.2 Å². The van der Waals surface area contributed by atoms with E-state index in [1.54, 1.807) is 17.0 Å². The summed E-state index contributed by atoms with van der Waals surface area (Å²) < 4.78 is 4.56. The van der Waals surface area contributed by atoms with Gasteiger partial charge in [-0.15, -0.1) is 0 Å². The van der Waals surface area contributed by atoms with Gasteiger partial charge in [0.2, 0.25) is 11.8 Å². The summed E-state index contributed by atoms with van der Waals surface area (Å²) in [7, 11) is 1.27. The first-order chi connectivity index (χ1) is 14.4. The van der Waals surface area contributed by atoms with Crippen molar-refractivity contribution in [3.63, 3.8) is 0 Å². The number of nitrogens with zero attached hydrogens (tertiary/aromatic N) is 1. The van der Waals surface area contributed by atoms with Gasteiger partial charge in [-0.3, -0.25) is 14.4 Å². The van der Waals surface area contributed by atoms with Crippen LogP contribution >= 0.6 is 11.6 Å². The van der Waals surface area contributed by atoms with Gasteiger partial charge in [-0.2, -0.15) is 0 Å². The Morgan fingerprint density at radius 3 is 2.32 bits per heavy atom. The molecule has 1 fully saturated rings. The Bertz CT molecular complexity index is 809. The fraction of sp³-hybridized carbons (Fsp3) is 0.609. The monoisotopic (exact) mass is 452 g/mol. The molecule has 1 aliphatic heterocycles. The number of methoxy groups -OCH3 is 1. The molecule has 1 aliphatic rings. The van der Waals surface area contributed by atoms with Crippen molar-refractivity contribution >= 4 is 29.4 Å². The van der Waals surface area contributed by atoms with Crippen LogP contribution in [0.15, 0.2) is 24.3 Å². The first-order valence-corrected chi connectivity index (χ1v) is 10.9. The third kappa shape index (κ3) is 5.77. The summed E-state index contributed by atoms with van der Waals surface area (Å²) in [6.07, 6.45) is 0.297. The zero-order valence-electron chi connectivity index (χ0n) is 18.9. The molecule has 7 nitrogen and oxygen atoms in total. The number of aliphatic hydroxyl groups is 1. The Morgan fingerprint density at radius 2 is 1.81 bits per heavy atom. The predicted molar refractivity (Wildman–Crippen MR) is 118 cm³/mol. The molecule has 0 aliphatic carbocycles. The number of carbonyl (C=O) groups excluding carboxylic acids is 3. The summed E-state index contributed by atoms with van der Waals surface area (Å²) in [6.45, 7) is 8.29. The summed E-state index contributed by atoms with van der Waals surface area (Å²) in [5, 5.41) is 14.9. The standard InChI is InChI=1S/C23H33ClN2O5/c1-15(2)20(25-18(27)10-11-19(28)31-5)21(29)26-13-12-23(30,22(3,4)14-26)16-6-8-17(24)9-7-16/h6-9,15,20,30H,10-14H2,1-5H3,(H,25,27)/t20-,23+/m1/s1. The van der Waals surface area contributed by atoms with E-state index in [2.05, 4.69) is 10.1 Å². The molecule has 31 heavy (non-hydrogen) atoms. The summed E-state index contributed by atoms with van der Waals surface area (Å²) in [6, 6.07) is 6.44. The smallest absolute Gasteiger partial charge is 0.306 e. The summed E-state index contributed by atoms with van der Waals surface area (Å²) in [4.78, 5) is 38.5. The van der Waals surface area contributed by atoms with Gasteiger partial charge in [-0.1, -0.05) is 51.4 Å². The van der Waals surface area contributed by atoms with Crippen LogP contribution in [0.4, 0.5) is 0 Å². The van der Waals surface area contributed by atoms with Crippen LogP contribution in [0.3, 0.4) is 0 Å². The number of halogens is 1. The van der Waals surface area contributed by atoms with Gasteiger partial charge in [-0.05, 0) is 30.0 Å². The number of carbonyl (C=O) groups is 3. The van der Waals surface area contributed by atoms with E-state index in [1.165, 1.54) is 7.11 Å². The molecule has 0 spiro atoms. The molecule has 8 heteroatoms. The SMILES string of the molecule is COC(=O)CCC(=O)N[C@@H](C(=O)N1CC[C@](O)(c2ccc(Cl)cc2)C(C)(C)C1)C(C)C. The van der Waals surface area contributed by atoms with Gasteiger partial charge in [0.25, 0.3) is 0 Å². The average Bonchev–Trinajstić information content (AvgIpc) is 2.71. The Labute approximate surface area is 189 Å². The minimum Gasteiger partial charge on any atom is -0.469 e. The van der Waals surface area contributed by atoms with Crippen LogP contribution in [0.5, 0.6) is 0 Å². The number of likely N-dealkylation sites (tertiary alicyclic amines) is 1. The zero-order chi connectivity index (χ0) is 23.4. The molecule has 2 amide bonds. The van der Waals surface area contributed by atoms with Crippen molar-refractivity contribution in [3.05, 3.63) is 34.9 Å². The third-order valence-electron chi connectivity index (χ3n) is 6.12. The molecule has 0 bridgehead atoms. The molecule has 1 aromatic carbocycles. The van der Waals surface area contributed by atoms with Gasteiger partial charge in [0.05, 0.1) is 19.1 Å². The molecule has 0 radical (unpaired) electrons. The van der Waals surface area contributed by atoms with Gasteiger partial charge in [-0.25, -0.2) is 0 Å². The van der Waals surface area contributed by atoms with Gasteiger partial charge in [0, 0.05) is 29.9 Å². The van der Waals surface area contributed by atoms with E-state index in [0.29, 0.717) is 24.5 Å². The largest absolute Gasteiger partial charge is 0.469 e. The number of hydrogen-bond acceptors (Lipinski definition) is 5. The molecule has 0 unspecified atom stereocenters. The van der Waals surface area contributed by atoms with Crippen molar-refractivity contribution in [1.82, 2.24) is 10.2 Å². The summed E-state index contributed by atoms with van der Waals surface area (Å²) in [5.74, 6) is -1.16. The van der Waals surface area contributed by atoms with E-state index in [-0.39, 0.29) is 30.6 Å². The Hall–Kier alpha value is -2.12. The number of nitrogens with one attached hydrogen (secondary N) is 1. The molecular weight excluding hydrogens is 420 g/mol. The molecule has 1 aromatic rings. The Kier molecular flexibility index (Phi) is 8.11. The molecule has 2 atom stereocenters. The van der Waals surface area contributed by atoms with Crippen LogP contribution in [0.2, 0.25) is 5.02 Å². The highest BCUT2D eigenvalue weighted by molar-refractivity contribution is 6.30. The van der Waals surface area contributed by atoms with Crippen LogP contribution < -0.4 is 5.32 Å². The lowest BCUT2D eigenvalue weighted by atomic mass is 9.66. The van der Waals surface area contributed by atoms with Gasteiger partial charge in [0.15, 0.2) is 0 Å². The first kappa shape index (κ1) is 25.1. The molecule has 0 aromatic heterocycles. The van der Waals surface area contributed by atoms with Crippen LogP contribution in [0.25, 0.3) is 0 Å². The van der Waals surface area contributed by atoms with Gasteiger partial charge < -0.3 is 20.1 Å². The second-order valence-corrected chi connectivity index (χ2v) is 9.56. The lowest BCUT2D eigenvalue weighted by molar-refractivity contribution is -0.156. The lowest BCUT2D eigenvalue weighted by Crippen LogP contribution is -2.60. The summed E-state index contributed by atoms with van der Waals surface area (Å²) >= 11 is 5.99. The molecule has 2 rings (SSSR count). The van der Waals surface area contributed by atoms with Gasteiger partial charge >= 0.3 is 5.97 Å². The quantitative estimate of drug-likeness (QED) is 0.620. The van der Waals surface area contributed by atoms with E-state index in [0.717, 1.165) is 5.56 Å². The minimum absolute atomic E-state index is 0.0355. The number of benzene rings is 1. The highest BCUT2D eigenvalue weighted by Gasteiger charge is 2.50. The minimum atomic E-state index is -1.11. The van der Waals surface area contributed by atoms with Crippen LogP contribution in [-0.4, -0.2) is 54.0 Å². The maximum atomic E-state index is 13.3. The topological polar surface area (TPSA) is 95.9 Å². The van der Waals surface area contributed by atoms with E-state index < -0.39 is 23.0 Å². The van der Waals surface area contributed by atoms with Crippen molar-refractivity contribution < 1.29 is 24.2 Å². The predicted octanol–water partition coefficient (Wildman–Crippen LogP) is 2.88. The maximum absolute atomic E-state index is 13.3. The lowest BCUT2D eigenvalue weighted by Gasteiger charge is -2.51. The van der Waals surface area contributed by atoms with Crippen molar-refractivity contribution in [3.8, 4) is 0 Å². The molecule has 1 saturated heterocycles. The molecule has 2 N–H and O–H groups in total. The highest BCUT2D eigenvalue weighted by Crippen LogP contribution is 2.46. The van der Waals surface area contributed by atoms with Crippen molar-refractivity contribution in [2.24, 2.45) is 11.3 Å². The highest BCUT2D eigenvalue weighted by atomic mass is 35.5. The first-order valence-electron chi connectivity index (χ1n) is 10.5. The molecular formula is C23H33ClN2O5. The van der Waals surface area contributed by atoms with E-state index in [4.69, 9.17) is 11.6 Å². The number of esters is 1. The molecule has 1 heterocycles. The maximum Gasteiger partial charge on any atom is 0.306 e. The normalized spacial score (nSPS) is 21.5. The van der Waals surface area contributed by atoms with Crippen LogP contribution in [0.1, 0.15) is 52.5 Å². The Balaban J connectivity index is 2.11. The Morgan fingerprint density at radius 1 is 1.19 bits per heavy atom. The fourth-order valence-corrected chi connectivity index (χ4v) is 4.17. The van der Waals surface area contributed by atoms with Crippen LogP contribution in [-0.2, 0) is 24.7 Å². The third-order valence-corrected chi connectivity index (χ3v) is 6.37.